The largest absolute Gasteiger partial charge is 0.490 e. The van der Waals surface area contributed by atoms with Crippen LogP contribution in [0.4, 0.5) is 10.5 Å². The number of ether oxygens (including phenoxy) is 2. The number of benzene rings is 2. The first-order valence-corrected chi connectivity index (χ1v) is 7.48. The number of nitrogens with zero attached hydrogens (tertiary/aromatic N) is 1. The number of amides is 1. The maximum atomic E-state index is 11.8. The third-order valence-electron chi connectivity index (χ3n) is 3.24. The molecule has 0 aliphatic rings. The van der Waals surface area contributed by atoms with Gasteiger partial charge in [-0.1, -0.05) is 36.4 Å². The van der Waals surface area contributed by atoms with Gasteiger partial charge in [-0.2, -0.15) is 5.26 Å². The molecule has 1 amide bonds. The van der Waals surface area contributed by atoms with E-state index >= 15 is 0 Å². The number of nitrogens with two attached hydrogens (primary N) is 1. The van der Waals surface area contributed by atoms with Crippen LogP contribution in [-0.4, -0.2) is 18.7 Å². The van der Waals surface area contributed by atoms with E-state index in [0.717, 1.165) is 5.56 Å². The van der Waals surface area contributed by atoms with Gasteiger partial charge in [0.1, 0.15) is 30.6 Å². The summed E-state index contributed by atoms with van der Waals surface area (Å²) in [6.07, 6.45) is -0.525. The summed E-state index contributed by atoms with van der Waals surface area (Å²) in [6, 6.07) is 16.1. The highest BCUT2D eigenvalue weighted by Gasteiger charge is 2.12. The van der Waals surface area contributed by atoms with Crippen molar-refractivity contribution in [3.63, 3.8) is 0 Å². The predicted octanol–water partition coefficient (Wildman–Crippen LogP) is 2.83. The Labute approximate surface area is 140 Å². The number of nitrogens with one attached hydrogen (secondary N) is 1. The van der Waals surface area contributed by atoms with Crippen LogP contribution in [0.3, 0.4) is 0 Å². The minimum absolute atomic E-state index is 0.193. The lowest BCUT2D eigenvalue weighted by Crippen LogP contribution is -2.37. The van der Waals surface area contributed by atoms with Crippen molar-refractivity contribution in [3.8, 4) is 11.8 Å². The second-order valence-electron chi connectivity index (χ2n) is 5.25. The summed E-state index contributed by atoms with van der Waals surface area (Å²) in [7, 11) is 0. The molecule has 0 heterocycles. The molecule has 3 N–H and O–H groups in total. The van der Waals surface area contributed by atoms with Crippen molar-refractivity contribution >= 4 is 11.8 Å². The minimum atomic E-state index is -0.525. The van der Waals surface area contributed by atoms with Gasteiger partial charge in [0.2, 0.25) is 0 Å². The molecule has 0 saturated carbocycles. The fourth-order valence-corrected chi connectivity index (χ4v) is 2.01. The second-order valence-corrected chi connectivity index (χ2v) is 5.25. The molecule has 1 atom stereocenters. The average molecular weight is 325 g/mol. The smallest absolute Gasteiger partial charge is 0.407 e. The minimum Gasteiger partial charge on any atom is -0.490 e. The summed E-state index contributed by atoms with van der Waals surface area (Å²) < 4.78 is 10.7. The molecule has 0 aromatic heterocycles. The van der Waals surface area contributed by atoms with E-state index in [1.807, 2.05) is 36.4 Å². The van der Waals surface area contributed by atoms with Crippen molar-refractivity contribution < 1.29 is 14.3 Å². The van der Waals surface area contributed by atoms with E-state index in [-0.39, 0.29) is 24.8 Å². The van der Waals surface area contributed by atoms with Crippen molar-refractivity contribution in [2.24, 2.45) is 0 Å². The van der Waals surface area contributed by atoms with E-state index in [1.165, 1.54) is 0 Å². The van der Waals surface area contributed by atoms with Gasteiger partial charge >= 0.3 is 6.09 Å². The molecule has 0 saturated heterocycles. The Morgan fingerprint density at radius 2 is 2.00 bits per heavy atom. The number of nitriles is 1. The van der Waals surface area contributed by atoms with Gasteiger partial charge in [-0.05, 0) is 24.6 Å². The fourth-order valence-electron chi connectivity index (χ4n) is 2.01. The van der Waals surface area contributed by atoms with Gasteiger partial charge in [-0.25, -0.2) is 4.79 Å². The molecule has 0 fully saturated rings. The molecule has 0 unspecified atom stereocenters. The number of hydrogen-bond acceptors (Lipinski definition) is 5. The molecule has 0 bridgehead atoms. The average Bonchev–Trinajstić information content (AvgIpc) is 2.59. The second kappa shape index (κ2) is 8.44. The number of carbonyl (C=O) groups excluding carboxylic acids is 1. The van der Waals surface area contributed by atoms with Gasteiger partial charge in [-0.15, -0.1) is 0 Å². The first-order valence-electron chi connectivity index (χ1n) is 7.48. The summed E-state index contributed by atoms with van der Waals surface area (Å²) in [4.78, 5) is 11.8. The quantitative estimate of drug-likeness (QED) is 0.796. The van der Waals surface area contributed by atoms with E-state index < -0.39 is 6.09 Å². The lowest BCUT2D eigenvalue weighted by atomic mass is 10.2. The Balaban J connectivity index is 1.79. The van der Waals surface area contributed by atoms with Crippen LogP contribution < -0.4 is 15.8 Å². The summed E-state index contributed by atoms with van der Waals surface area (Å²) >= 11 is 0. The van der Waals surface area contributed by atoms with Crippen LogP contribution in [0.1, 0.15) is 18.1 Å². The van der Waals surface area contributed by atoms with Crippen LogP contribution >= 0.6 is 0 Å². The van der Waals surface area contributed by atoms with E-state index in [9.17, 15) is 4.79 Å². The molecular formula is C18H19N3O3. The van der Waals surface area contributed by atoms with Gasteiger partial charge in [0.15, 0.2) is 0 Å². The molecule has 2 aromatic rings. The third kappa shape index (κ3) is 4.92. The Bertz CT molecular complexity index is 726. The lowest BCUT2D eigenvalue weighted by Gasteiger charge is -2.16. The fraction of sp³-hybridized carbons (Fsp3) is 0.222. The number of hydrogen-bond donors (Lipinski definition) is 2. The van der Waals surface area contributed by atoms with E-state index in [0.29, 0.717) is 11.4 Å². The molecule has 0 radical (unpaired) electrons. The van der Waals surface area contributed by atoms with Gasteiger partial charge in [0.25, 0.3) is 0 Å². The Kier molecular flexibility index (Phi) is 6.03. The van der Waals surface area contributed by atoms with Crippen LogP contribution in [0.15, 0.2) is 48.5 Å². The van der Waals surface area contributed by atoms with Gasteiger partial charge in [0.05, 0.1) is 11.7 Å². The summed E-state index contributed by atoms with van der Waals surface area (Å²) in [5.41, 5.74) is 7.28. The highest BCUT2D eigenvalue weighted by Crippen LogP contribution is 2.23. The standard InChI is InChI=1S/C18H19N3O3/c1-13(11-23-17-9-5-8-16(20)15(17)10-19)21-18(22)24-12-14-6-3-2-4-7-14/h2-9,13H,11-12,20H2,1H3,(H,21,22)/t13-/m0/s1. The van der Waals surface area contributed by atoms with E-state index in [4.69, 9.17) is 20.5 Å². The zero-order chi connectivity index (χ0) is 17.4. The summed E-state index contributed by atoms with van der Waals surface area (Å²) in [5.74, 6) is 0.392. The van der Waals surface area contributed by atoms with Crippen molar-refractivity contribution in [3.05, 3.63) is 59.7 Å². The number of alkyl carbamates (subject to hydrolysis) is 1. The van der Waals surface area contributed by atoms with Gasteiger partial charge < -0.3 is 20.5 Å². The Morgan fingerprint density at radius 1 is 1.25 bits per heavy atom. The monoisotopic (exact) mass is 325 g/mol. The molecule has 0 aliphatic carbocycles. The Morgan fingerprint density at radius 3 is 2.71 bits per heavy atom. The molecule has 2 aromatic carbocycles. The predicted molar refractivity (Wildman–Crippen MR) is 90.3 cm³/mol. The molecule has 24 heavy (non-hydrogen) atoms. The maximum Gasteiger partial charge on any atom is 0.407 e. The molecule has 6 nitrogen and oxygen atoms in total. The number of anilines is 1. The lowest BCUT2D eigenvalue weighted by molar-refractivity contribution is 0.132. The van der Waals surface area contributed by atoms with Crippen LogP contribution in [0.2, 0.25) is 0 Å². The number of carbonyl (C=O) groups is 1. The summed E-state index contributed by atoms with van der Waals surface area (Å²) in [5, 5.41) is 11.8. The normalized spacial score (nSPS) is 11.2. The van der Waals surface area contributed by atoms with Crippen LogP contribution in [0.5, 0.6) is 5.75 Å². The van der Waals surface area contributed by atoms with Crippen LogP contribution in [0.25, 0.3) is 0 Å². The van der Waals surface area contributed by atoms with Crippen LogP contribution in [-0.2, 0) is 11.3 Å². The SMILES string of the molecule is C[C@@H](COc1cccc(N)c1C#N)NC(=O)OCc1ccccc1. The van der Waals surface area contributed by atoms with Gasteiger partial charge in [-0.3, -0.25) is 0 Å². The van der Waals surface area contributed by atoms with Crippen molar-refractivity contribution in [2.45, 2.75) is 19.6 Å². The molecule has 0 spiro atoms. The van der Waals surface area contributed by atoms with Crippen molar-refractivity contribution in [2.75, 3.05) is 12.3 Å². The Hall–Kier alpha value is -3.20. The molecule has 2 rings (SSSR count). The topological polar surface area (TPSA) is 97.4 Å². The third-order valence-corrected chi connectivity index (χ3v) is 3.24. The highest BCUT2D eigenvalue weighted by molar-refractivity contribution is 5.67. The van der Waals surface area contributed by atoms with Crippen molar-refractivity contribution in [1.29, 1.82) is 5.26 Å². The summed E-state index contributed by atoms with van der Waals surface area (Å²) in [6.45, 7) is 2.18. The first kappa shape index (κ1) is 17.2. The highest BCUT2D eigenvalue weighted by atomic mass is 16.5. The van der Waals surface area contributed by atoms with Crippen LogP contribution in [0, 0.1) is 11.3 Å². The van der Waals surface area contributed by atoms with E-state index in [2.05, 4.69) is 5.32 Å². The molecule has 124 valence electrons. The van der Waals surface area contributed by atoms with E-state index in [1.54, 1.807) is 25.1 Å². The number of nitrogen functional groups attached to an aromatic ring is 1. The van der Waals surface area contributed by atoms with Crippen molar-refractivity contribution in [1.82, 2.24) is 5.32 Å². The number of rotatable bonds is 6. The first-order chi connectivity index (χ1) is 11.6. The zero-order valence-electron chi connectivity index (χ0n) is 13.4. The molecular weight excluding hydrogens is 306 g/mol. The maximum absolute atomic E-state index is 11.8. The van der Waals surface area contributed by atoms with Gasteiger partial charge in [0, 0.05) is 0 Å². The molecule has 6 heteroatoms. The zero-order valence-corrected chi connectivity index (χ0v) is 13.4. The molecule has 0 aliphatic heterocycles.